The fourth-order valence-electron chi connectivity index (χ4n) is 8.75. The molecule has 1 heterocycles. The first-order valence-corrected chi connectivity index (χ1v) is 20.1. The first kappa shape index (κ1) is 39.5. The van der Waals surface area contributed by atoms with Gasteiger partial charge in [0.1, 0.15) is 73.9 Å². The minimum Gasteiger partial charge on any atom is -0.455 e. The maximum absolute atomic E-state index is 7.09. The molecule has 0 unspecified atom stereocenters. The van der Waals surface area contributed by atoms with Crippen LogP contribution in [-0.4, -0.2) is 62.8 Å². The zero-order chi connectivity index (χ0) is 42.8. The van der Waals surface area contributed by atoms with E-state index in [1.54, 1.807) is 4.90 Å². The normalized spacial score (nSPS) is 11.4. The Balaban J connectivity index is 1.16. The highest BCUT2D eigenvalue weighted by atomic mass is 16.3. The van der Waals surface area contributed by atoms with E-state index in [0.717, 1.165) is 66.1 Å². The molecule has 0 N–H and O–H groups in total. The first-order chi connectivity index (χ1) is 30.1. The SMILES string of the molecule is [B]c1c([B])c(N(c2ccc(-c3cccc4oc5c6ccccc6ccc5c34)cc2)c2c([B])c([B])c(-c3ccc(-c4ccccc4)cc3)c([B])c2[B])c([B])c([B])c1-c1ccccc1. The van der Waals surface area contributed by atoms with Gasteiger partial charge in [0.15, 0.2) is 0 Å². The Morgan fingerprint density at radius 1 is 0.339 bits per heavy atom. The van der Waals surface area contributed by atoms with Crippen molar-refractivity contribution in [1.82, 2.24) is 0 Å². The molecule has 10 rings (SSSR count). The molecule has 16 radical (unpaired) electrons. The van der Waals surface area contributed by atoms with E-state index in [1.807, 2.05) is 133 Å². The van der Waals surface area contributed by atoms with Gasteiger partial charge in [0.05, 0.1) is 0 Å². The molecule has 1 aromatic heterocycles. The molecule has 0 bridgehead atoms. The predicted molar refractivity (Wildman–Crippen MR) is 271 cm³/mol. The largest absolute Gasteiger partial charge is 0.455 e. The van der Waals surface area contributed by atoms with Crippen molar-refractivity contribution in [1.29, 1.82) is 0 Å². The molecule has 0 atom stereocenters. The van der Waals surface area contributed by atoms with E-state index < -0.39 is 0 Å². The van der Waals surface area contributed by atoms with Gasteiger partial charge in [-0.25, -0.2) is 0 Å². The zero-order valence-electron chi connectivity index (χ0n) is 33.6. The highest BCUT2D eigenvalue weighted by molar-refractivity contribution is 6.65. The number of nitrogens with zero attached hydrogens (tertiary/aromatic N) is 1. The standard InChI is InChI=1S/C52H27B8NO/c53-42-39(32-13-5-2-6-14-32)43(54)47(58)50(46(42)57)61(51-48(59)44(55)40(45(56)49(51)60)33-20-18-29(19-21-33)28-10-3-1-4-11-28)34-25-22-31(23-26-34)35-16-9-17-38-41(35)37-27-24-30-12-7-8-15-36(30)52(37)62-38/h1-27H. The molecule has 2 nitrogen and oxygen atoms in total. The summed E-state index contributed by atoms with van der Waals surface area (Å²) in [4.78, 5) is 1.75. The molecule has 0 amide bonds. The van der Waals surface area contributed by atoms with Crippen molar-refractivity contribution in [3.63, 3.8) is 0 Å². The minimum absolute atomic E-state index is 0.160. The van der Waals surface area contributed by atoms with Crippen molar-refractivity contribution in [2.45, 2.75) is 0 Å². The number of fused-ring (bicyclic) bond motifs is 5. The maximum Gasteiger partial charge on any atom is 0.143 e. The fourth-order valence-corrected chi connectivity index (χ4v) is 8.75. The lowest BCUT2D eigenvalue weighted by molar-refractivity contribution is 0.673. The Hall–Kier alpha value is -6.64. The van der Waals surface area contributed by atoms with E-state index >= 15 is 0 Å². The van der Waals surface area contributed by atoms with Gasteiger partial charge in [-0.05, 0) is 74.2 Å². The highest BCUT2D eigenvalue weighted by Gasteiger charge is 2.26. The van der Waals surface area contributed by atoms with Crippen molar-refractivity contribution in [2.24, 2.45) is 0 Å². The molecule has 10 aromatic rings. The molecule has 0 saturated carbocycles. The number of hydrogen-bond donors (Lipinski definition) is 0. The molecule has 0 spiro atoms. The smallest absolute Gasteiger partial charge is 0.143 e. The van der Waals surface area contributed by atoms with Crippen LogP contribution in [-0.2, 0) is 0 Å². The summed E-state index contributed by atoms with van der Waals surface area (Å²) in [5.74, 6) is 0. The van der Waals surface area contributed by atoms with Crippen molar-refractivity contribution < 1.29 is 4.42 Å². The zero-order valence-corrected chi connectivity index (χ0v) is 33.6. The Morgan fingerprint density at radius 3 is 1.39 bits per heavy atom. The van der Waals surface area contributed by atoms with Crippen molar-refractivity contribution in [2.75, 3.05) is 4.90 Å². The monoisotopic (exact) mass is 769 g/mol. The molecule has 62 heavy (non-hydrogen) atoms. The predicted octanol–water partition coefficient (Wildman–Crippen LogP) is 5.23. The van der Waals surface area contributed by atoms with E-state index in [2.05, 4.69) is 30.3 Å². The quantitative estimate of drug-likeness (QED) is 0.207. The Morgan fingerprint density at radius 2 is 0.806 bits per heavy atom. The van der Waals surface area contributed by atoms with Crippen molar-refractivity contribution >= 4 is 156 Å². The average Bonchev–Trinajstić information content (AvgIpc) is 3.71. The van der Waals surface area contributed by atoms with Crippen LogP contribution in [0.1, 0.15) is 0 Å². The summed E-state index contributed by atoms with van der Waals surface area (Å²) >= 11 is 0. The van der Waals surface area contributed by atoms with Gasteiger partial charge < -0.3 is 9.32 Å². The summed E-state index contributed by atoms with van der Waals surface area (Å²) in [7, 11) is 56.0. The number of hydrogen-bond acceptors (Lipinski definition) is 2. The summed E-state index contributed by atoms with van der Waals surface area (Å²) in [6.45, 7) is 0. The van der Waals surface area contributed by atoms with E-state index in [1.165, 1.54) is 0 Å². The number of benzene rings is 9. The average molecular weight is 768 g/mol. The molecule has 0 aliphatic heterocycles. The van der Waals surface area contributed by atoms with Crippen LogP contribution in [0.2, 0.25) is 0 Å². The topological polar surface area (TPSA) is 16.4 Å². The third-order valence-corrected chi connectivity index (χ3v) is 11.9. The second-order valence-electron chi connectivity index (χ2n) is 15.4. The molecule has 10 heteroatoms. The van der Waals surface area contributed by atoms with E-state index in [4.69, 9.17) is 67.2 Å². The van der Waals surface area contributed by atoms with Gasteiger partial charge in [-0.3, -0.25) is 0 Å². The van der Waals surface area contributed by atoms with Gasteiger partial charge in [-0.2, -0.15) is 0 Å². The minimum atomic E-state index is 0.160. The lowest BCUT2D eigenvalue weighted by atomic mass is 9.63. The Labute approximate surface area is 372 Å². The van der Waals surface area contributed by atoms with Gasteiger partial charge in [0, 0.05) is 33.2 Å². The van der Waals surface area contributed by atoms with Crippen LogP contribution in [0.5, 0.6) is 0 Å². The van der Waals surface area contributed by atoms with Gasteiger partial charge in [0.2, 0.25) is 0 Å². The molecule has 0 saturated heterocycles. The van der Waals surface area contributed by atoms with Crippen LogP contribution in [0.15, 0.2) is 168 Å². The van der Waals surface area contributed by atoms with Crippen LogP contribution in [0, 0.1) is 0 Å². The molecular formula is C52H27B8NO. The number of rotatable bonds is 7. The first-order valence-electron chi connectivity index (χ1n) is 20.1. The van der Waals surface area contributed by atoms with Crippen LogP contribution in [0.3, 0.4) is 0 Å². The second-order valence-corrected chi connectivity index (χ2v) is 15.4. The van der Waals surface area contributed by atoms with Gasteiger partial charge in [-0.1, -0.05) is 183 Å². The summed E-state index contributed by atoms with van der Waals surface area (Å²) in [6, 6.07) is 53.9. The Bertz CT molecular complexity index is 3310. The van der Waals surface area contributed by atoms with E-state index in [0.29, 0.717) is 16.8 Å². The number of furan rings is 1. The highest BCUT2D eigenvalue weighted by Crippen LogP contribution is 2.40. The van der Waals surface area contributed by atoms with Gasteiger partial charge in [0.25, 0.3) is 0 Å². The Kier molecular flexibility index (Phi) is 9.99. The van der Waals surface area contributed by atoms with Gasteiger partial charge in [-0.15, -0.1) is 0 Å². The van der Waals surface area contributed by atoms with Gasteiger partial charge >= 0.3 is 0 Å². The molecule has 9 aromatic carbocycles. The molecular weight excluding hydrogens is 741 g/mol. The molecule has 0 fully saturated rings. The van der Waals surface area contributed by atoms with E-state index in [9.17, 15) is 0 Å². The third-order valence-electron chi connectivity index (χ3n) is 11.9. The summed E-state index contributed by atoms with van der Waals surface area (Å²) in [5, 5.41) is 4.18. The van der Waals surface area contributed by atoms with E-state index in [-0.39, 0.29) is 55.1 Å². The number of anilines is 3. The summed E-state index contributed by atoms with van der Waals surface area (Å²) in [5.41, 5.74) is 10.9. The lowest BCUT2D eigenvalue weighted by Crippen LogP contribution is -2.50. The van der Waals surface area contributed by atoms with Crippen molar-refractivity contribution in [3.8, 4) is 44.5 Å². The van der Waals surface area contributed by atoms with Crippen LogP contribution >= 0.6 is 0 Å². The molecule has 270 valence electrons. The van der Waals surface area contributed by atoms with Crippen LogP contribution in [0.4, 0.5) is 17.1 Å². The molecule has 0 aliphatic rings. The molecule has 0 aliphatic carbocycles. The lowest BCUT2D eigenvalue weighted by Gasteiger charge is -2.37. The third kappa shape index (κ3) is 6.39. The maximum atomic E-state index is 7.09. The van der Waals surface area contributed by atoms with Crippen LogP contribution < -0.4 is 48.6 Å². The summed E-state index contributed by atoms with van der Waals surface area (Å²) < 4.78 is 6.50. The summed E-state index contributed by atoms with van der Waals surface area (Å²) in [6.07, 6.45) is 0. The fraction of sp³-hybridized carbons (Fsp3) is 0. The second kappa shape index (κ2) is 15.7. The van der Waals surface area contributed by atoms with Crippen molar-refractivity contribution in [3.05, 3.63) is 164 Å². The van der Waals surface area contributed by atoms with Crippen LogP contribution in [0.25, 0.3) is 77.2 Å².